The van der Waals surface area contributed by atoms with Gasteiger partial charge in [-0.1, -0.05) is 23.3 Å². The topological polar surface area (TPSA) is 104 Å². The van der Waals surface area contributed by atoms with E-state index in [-0.39, 0.29) is 0 Å². The van der Waals surface area contributed by atoms with Crippen LogP contribution in [0.1, 0.15) is 0 Å². The quantitative estimate of drug-likeness (QED) is 0.703. The molecule has 0 aliphatic rings. The van der Waals surface area contributed by atoms with E-state index in [1.165, 1.54) is 0 Å². The molecule has 0 spiro atoms. The second-order valence-corrected chi connectivity index (χ2v) is 5.43. The van der Waals surface area contributed by atoms with Crippen LogP contribution in [0.15, 0.2) is 35.5 Å². The third-order valence-corrected chi connectivity index (χ3v) is 3.68. The summed E-state index contributed by atoms with van der Waals surface area (Å²) in [6.07, 6.45) is 0. The summed E-state index contributed by atoms with van der Waals surface area (Å²) in [5, 5.41) is 10.00. The SMILES string of the molecule is COC(=O)CS(=O)(=O)c1nnnn1-c1ccccc1. The molecule has 0 radical (unpaired) electrons. The number of carbonyl (C=O) groups is 1. The molecular formula is C10H10N4O4S. The summed E-state index contributed by atoms with van der Waals surface area (Å²) in [5.41, 5.74) is 0.482. The van der Waals surface area contributed by atoms with Crippen LogP contribution in [0.25, 0.3) is 5.69 Å². The number of tetrazole rings is 1. The molecule has 9 heteroatoms. The van der Waals surface area contributed by atoms with Crippen molar-refractivity contribution in [2.75, 3.05) is 12.9 Å². The first-order chi connectivity index (χ1) is 9.04. The van der Waals surface area contributed by atoms with Gasteiger partial charge in [-0.05, 0) is 22.6 Å². The highest BCUT2D eigenvalue weighted by Gasteiger charge is 2.27. The minimum Gasteiger partial charge on any atom is -0.468 e. The third kappa shape index (κ3) is 2.76. The van der Waals surface area contributed by atoms with Gasteiger partial charge in [0.1, 0.15) is 0 Å². The minimum absolute atomic E-state index is 0.399. The fraction of sp³-hybridized carbons (Fsp3) is 0.200. The molecule has 0 atom stereocenters. The monoisotopic (exact) mass is 282 g/mol. The fourth-order valence-electron chi connectivity index (χ4n) is 1.38. The van der Waals surface area contributed by atoms with E-state index in [0.29, 0.717) is 5.69 Å². The molecule has 0 saturated heterocycles. The molecule has 0 aliphatic carbocycles. The van der Waals surface area contributed by atoms with Crippen molar-refractivity contribution in [1.82, 2.24) is 20.2 Å². The highest BCUT2D eigenvalue weighted by atomic mass is 32.2. The van der Waals surface area contributed by atoms with E-state index in [9.17, 15) is 13.2 Å². The summed E-state index contributed by atoms with van der Waals surface area (Å²) in [5.74, 6) is -1.68. The number of nitrogens with zero attached hydrogens (tertiary/aromatic N) is 4. The fourth-order valence-corrected chi connectivity index (χ4v) is 2.51. The molecule has 0 N–H and O–H groups in total. The van der Waals surface area contributed by atoms with Crippen molar-refractivity contribution in [3.05, 3.63) is 30.3 Å². The van der Waals surface area contributed by atoms with Crippen molar-refractivity contribution in [1.29, 1.82) is 0 Å². The smallest absolute Gasteiger partial charge is 0.321 e. The van der Waals surface area contributed by atoms with Gasteiger partial charge in [0.15, 0.2) is 5.75 Å². The summed E-state index contributed by atoms with van der Waals surface area (Å²) in [6, 6.07) is 8.50. The van der Waals surface area contributed by atoms with E-state index in [2.05, 4.69) is 20.3 Å². The zero-order valence-electron chi connectivity index (χ0n) is 9.92. The minimum atomic E-state index is -3.95. The number of carbonyl (C=O) groups excluding carboxylic acids is 1. The maximum atomic E-state index is 12.0. The van der Waals surface area contributed by atoms with E-state index in [0.717, 1.165) is 11.8 Å². The van der Waals surface area contributed by atoms with Crippen molar-refractivity contribution in [2.24, 2.45) is 0 Å². The molecule has 2 aromatic rings. The van der Waals surface area contributed by atoms with Crippen LogP contribution in [0.5, 0.6) is 0 Å². The molecule has 0 amide bonds. The van der Waals surface area contributed by atoms with Crippen molar-refractivity contribution < 1.29 is 17.9 Å². The Kier molecular flexibility index (Phi) is 3.56. The molecule has 0 saturated carbocycles. The Balaban J connectivity index is 2.43. The van der Waals surface area contributed by atoms with Crippen LogP contribution in [0.3, 0.4) is 0 Å². The molecule has 1 aromatic carbocycles. The van der Waals surface area contributed by atoms with Crippen LogP contribution < -0.4 is 0 Å². The summed E-state index contributed by atoms with van der Waals surface area (Å²) >= 11 is 0. The Morgan fingerprint density at radius 2 is 2.00 bits per heavy atom. The predicted octanol–water partition coefficient (Wildman–Crippen LogP) is -0.391. The first-order valence-corrected chi connectivity index (χ1v) is 6.83. The van der Waals surface area contributed by atoms with Gasteiger partial charge in [0, 0.05) is 0 Å². The van der Waals surface area contributed by atoms with E-state index < -0.39 is 26.7 Å². The van der Waals surface area contributed by atoms with Crippen molar-refractivity contribution in [3.63, 3.8) is 0 Å². The van der Waals surface area contributed by atoms with Gasteiger partial charge in [0.2, 0.25) is 9.84 Å². The lowest BCUT2D eigenvalue weighted by atomic mass is 10.3. The van der Waals surface area contributed by atoms with Gasteiger partial charge in [0.05, 0.1) is 12.8 Å². The summed E-state index contributed by atoms with van der Waals surface area (Å²) in [4.78, 5) is 11.1. The second-order valence-electron chi connectivity index (χ2n) is 3.54. The molecule has 1 aromatic heterocycles. The second kappa shape index (κ2) is 5.14. The first-order valence-electron chi connectivity index (χ1n) is 5.18. The van der Waals surface area contributed by atoms with Gasteiger partial charge in [-0.2, -0.15) is 4.68 Å². The number of hydrogen-bond acceptors (Lipinski definition) is 7. The summed E-state index contributed by atoms with van der Waals surface area (Å²) in [6.45, 7) is 0. The lowest BCUT2D eigenvalue weighted by Gasteiger charge is -2.04. The average molecular weight is 282 g/mol. The van der Waals surface area contributed by atoms with Crippen LogP contribution in [0.4, 0.5) is 0 Å². The number of sulfone groups is 1. The van der Waals surface area contributed by atoms with E-state index in [4.69, 9.17) is 0 Å². The molecule has 0 unspecified atom stereocenters. The van der Waals surface area contributed by atoms with Gasteiger partial charge in [0.25, 0.3) is 5.16 Å². The highest BCUT2D eigenvalue weighted by molar-refractivity contribution is 7.91. The van der Waals surface area contributed by atoms with Gasteiger partial charge >= 0.3 is 5.97 Å². The van der Waals surface area contributed by atoms with Crippen molar-refractivity contribution in [2.45, 2.75) is 5.16 Å². The zero-order valence-corrected chi connectivity index (χ0v) is 10.7. The van der Waals surface area contributed by atoms with Crippen LogP contribution in [0, 0.1) is 0 Å². The Morgan fingerprint density at radius 1 is 1.32 bits per heavy atom. The van der Waals surface area contributed by atoms with E-state index in [1.807, 2.05) is 0 Å². The maximum Gasteiger partial charge on any atom is 0.321 e. The van der Waals surface area contributed by atoms with Crippen molar-refractivity contribution in [3.8, 4) is 5.69 Å². The number of rotatable bonds is 4. The Morgan fingerprint density at radius 3 is 2.63 bits per heavy atom. The van der Waals surface area contributed by atoms with Gasteiger partial charge < -0.3 is 4.74 Å². The largest absolute Gasteiger partial charge is 0.468 e. The number of benzene rings is 1. The highest BCUT2D eigenvalue weighted by Crippen LogP contribution is 2.12. The number of ether oxygens (including phenoxy) is 1. The van der Waals surface area contributed by atoms with Gasteiger partial charge in [-0.3, -0.25) is 4.79 Å². The molecule has 0 fully saturated rings. The number of para-hydroxylation sites is 1. The van der Waals surface area contributed by atoms with Crippen LogP contribution in [-0.2, 0) is 19.4 Å². The third-order valence-electron chi connectivity index (χ3n) is 2.26. The van der Waals surface area contributed by atoms with Crippen LogP contribution >= 0.6 is 0 Å². The molecule has 0 bridgehead atoms. The molecule has 2 rings (SSSR count). The molecular weight excluding hydrogens is 272 g/mol. The standard InChI is InChI=1S/C10H10N4O4S/c1-18-9(15)7-19(16,17)10-11-12-13-14(10)8-5-3-2-4-6-8/h2-6H,7H2,1H3. The number of hydrogen-bond donors (Lipinski definition) is 0. The van der Waals surface area contributed by atoms with E-state index >= 15 is 0 Å². The Hall–Kier alpha value is -2.29. The van der Waals surface area contributed by atoms with Gasteiger partial charge in [-0.15, -0.1) is 0 Å². The number of aromatic nitrogens is 4. The molecule has 8 nitrogen and oxygen atoms in total. The summed E-state index contributed by atoms with van der Waals surface area (Å²) < 4.78 is 29.4. The predicted molar refractivity (Wildman–Crippen MR) is 63.2 cm³/mol. The number of esters is 1. The van der Waals surface area contributed by atoms with Gasteiger partial charge in [-0.25, -0.2) is 8.42 Å². The first kappa shape index (κ1) is 13.1. The van der Waals surface area contributed by atoms with Crippen LogP contribution in [0.2, 0.25) is 0 Å². The molecule has 100 valence electrons. The molecule has 0 aliphatic heterocycles. The lowest BCUT2D eigenvalue weighted by molar-refractivity contribution is -0.137. The normalized spacial score (nSPS) is 11.2. The Labute approximate surface area is 108 Å². The Bertz CT molecular complexity index is 681. The number of methoxy groups -OCH3 is 1. The zero-order chi connectivity index (χ0) is 13.9. The van der Waals surface area contributed by atoms with Crippen molar-refractivity contribution >= 4 is 15.8 Å². The lowest BCUT2D eigenvalue weighted by Crippen LogP contribution is -2.21. The average Bonchev–Trinajstić information content (AvgIpc) is 2.89. The molecule has 1 heterocycles. The summed E-state index contributed by atoms with van der Waals surface area (Å²) in [7, 11) is -2.85. The molecule has 19 heavy (non-hydrogen) atoms. The van der Waals surface area contributed by atoms with E-state index in [1.54, 1.807) is 30.3 Å². The van der Waals surface area contributed by atoms with Crippen LogP contribution in [-0.4, -0.2) is 47.5 Å². The maximum absolute atomic E-state index is 12.0.